The lowest BCUT2D eigenvalue weighted by molar-refractivity contribution is 0.0305. The highest BCUT2D eigenvalue weighted by atomic mass is 15.3. The van der Waals surface area contributed by atoms with E-state index < -0.39 is 0 Å². The lowest BCUT2D eigenvalue weighted by atomic mass is 9.70. The van der Waals surface area contributed by atoms with Crippen LogP contribution in [0.1, 0.15) is 63.9 Å². The lowest BCUT2D eigenvalue weighted by Gasteiger charge is -2.50. The van der Waals surface area contributed by atoms with E-state index in [0.717, 1.165) is 42.6 Å². The Hall–Kier alpha value is -1.94. The fourth-order valence-corrected chi connectivity index (χ4v) is 5.60. The van der Waals surface area contributed by atoms with Gasteiger partial charge in [0.15, 0.2) is 5.82 Å². The van der Waals surface area contributed by atoms with Gasteiger partial charge >= 0.3 is 0 Å². The fraction of sp³-hybridized carbons (Fsp3) is 0.615. The van der Waals surface area contributed by atoms with E-state index in [-0.39, 0.29) is 0 Å². The van der Waals surface area contributed by atoms with E-state index in [4.69, 9.17) is 0 Å². The van der Waals surface area contributed by atoms with Crippen LogP contribution >= 0.6 is 0 Å². The second kappa shape index (κ2) is 8.66. The Labute approximate surface area is 181 Å². The lowest BCUT2D eigenvalue weighted by Crippen LogP contribution is -2.51. The second-order valence-corrected chi connectivity index (χ2v) is 9.83. The van der Waals surface area contributed by atoms with E-state index in [0.29, 0.717) is 5.41 Å². The van der Waals surface area contributed by atoms with Crippen molar-refractivity contribution in [1.29, 1.82) is 0 Å². The van der Waals surface area contributed by atoms with Crippen molar-refractivity contribution in [2.24, 2.45) is 5.41 Å². The van der Waals surface area contributed by atoms with E-state index >= 15 is 0 Å². The minimum Gasteiger partial charge on any atom is -0.355 e. The summed E-state index contributed by atoms with van der Waals surface area (Å²) < 4.78 is 0. The topological polar surface area (TPSA) is 32.3 Å². The molecule has 2 aromatic rings. The van der Waals surface area contributed by atoms with Gasteiger partial charge in [-0.2, -0.15) is 0 Å². The van der Waals surface area contributed by atoms with Gasteiger partial charge in [0.2, 0.25) is 0 Å². The quantitative estimate of drug-likeness (QED) is 0.674. The molecule has 160 valence electrons. The van der Waals surface area contributed by atoms with Gasteiger partial charge in [-0.1, -0.05) is 44.0 Å². The van der Waals surface area contributed by atoms with Crippen LogP contribution in [0.3, 0.4) is 0 Å². The van der Waals surface area contributed by atoms with Crippen molar-refractivity contribution in [3.05, 3.63) is 42.0 Å². The summed E-state index contributed by atoms with van der Waals surface area (Å²) in [5.74, 6) is 1.04. The maximum atomic E-state index is 4.59. The molecule has 1 aliphatic carbocycles. The molecule has 4 heteroatoms. The van der Waals surface area contributed by atoms with Crippen LogP contribution in [0.4, 0.5) is 5.82 Å². The summed E-state index contributed by atoms with van der Waals surface area (Å²) in [5.41, 5.74) is 4.11. The Balaban J connectivity index is 1.16. The monoisotopic (exact) mass is 404 g/mol. The fourth-order valence-electron chi connectivity index (χ4n) is 5.60. The standard InChI is InChI=1S/C26H36N4/c1-2-4-21-7-9-22(10-8-21)24-11-12-25(28-27-24)30-19-15-26(16-20-30)13-17-29(18-14-26)23-5-3-6-23/h7-12,23H,2-6,13-20H2,1H3. The Morgan fingerprint density at radius 1 is 0.867 bits per heavy atom. The number of likely N-dealkylation sites (tertiary alicyclic amines) is 1. The Kier molecular flexibility index (Phi) is 5.77. The number of aromatic nitrogens is 2. The van der Waals surface area contributed by atoms with Crippen molar-refractivity contribution in [3.8, 4) is 11.3 Å². The predicted octanol–water partition coefficient (Wildman–Crippen LogP) is 5.33. The number of anilines is 1. The summed E-state index contributed by atoms with van der Waals surface area (Å²) in [6, 6.07) is 14.0. The number of aryl methyl sites for hydroxylation is 1. The largest absolute Gasteiger partial charge is 0.355 e. The summed E-state index contributed by atoms with van der Waals surface area (Å²) in [6.07, 6.45) is 12.1. The molecule has 0 N–H and O–H groups in total. The van der Waals surface area contributed by atoms with E-state index in [9.17, 15) is 0 Å². The van der Waals surface area contributed by atoms with Crippen LogP contribution in [-0.2, 0) is 6.42 Å². The van der Waals surface area contributed by atoms with Gasteiger partial charge in [0.25, 0.3) is 0 Å². The summed E-state index contributed by atoms with van der Waals surface area (Å²) in [4.78, 5) is 5.23. The maximum absolute atomic E-state index is 4.59. The van der Waals surface area contributed by atoms with Crippen LogP contribution in [0.25, 0.3) is 11.3 Å². The van der Waals surface area contributed by atoms with Crippen LogP contribution < -0.4 is 4.90 Å². The van der Waals surface area contributed by atoms with Gasteiger partial charge in [-0.3, -0.25) is 0 Å². The molecule has 0 amide bonds. The molecule has 5 rings (SSSR count). The number of rotatable bonds is 5. The summed E-state index contributed by atoms with van der Waals surface area (Å²) in [5, 5.41) is 9.14. The van der Waals surface area contributed by atoms with Crippen molar-refractivity contribution in [3.63, 3.8) is 0 Å². The van der Waals surface area contributed by atoms with Gasteiger partial charge in [-0.05, 0) is 81.1 Å². The van der Waals surface area contributed by atoms with E-state index in [1.807, 2.05) is 0 Å². The zero-order chi connectivity index (χ0) is 20.4. The van der Waals surface area contributed by atoms with Crippen LogP contribution in [-0.4, -0.2) is 47.3 Å². The molecule has 0 radical (unpaired) electrons. The zero-order valence-electron chi connectivity index (χ0n) is 18.5. The third kappa shape index (κ3) is 4.12. The van der Waals surface area contributed by atoms with Gasteiger partial charge < -0.3 is 9.80 Å². The SMILES string of the molecule is CCCc1ccc(-c2ccc(N3CCC4(CC3)CCN(C3CCC3)CC4)nn2)cc1. The first kappa shape index (κ1) is 20.0. The molecule has 1 spiro atoms. The van der Waals surface area contributed by atoms with E-state index in [2.05, 4.69) is 63.3 Å². The van der Waals surface area contributed by atoms with Crippen LogP contribution in [0, 0.1) is 5.41 Å². The van der Waals surface area contributed by atoms with Crippen molar-refractivity contribution in [2.45, 2.75) is 70.8 Å². The van der Waals surface area contributed by atoms with Crippen molar-refractivity contribution in [1.82, 2.24) is 15.1 Å². The highest BCUT2D eigenvalue weighted by Crippen LogP contribution is 2.43. The van der Waals surface area contributed by atoms with Crippen LogP contribution in [0.5, 0.6) is 0 Å². The normalized spacial score (nSPS) is 22.2. The van der Waals surface area contributed by atoms with Gasteiger partial charge in [0.1, 0.15) is 0 Å². The first-order chi connectivity index (χ1) is 14.7. The smallest absolute Gasteiger partial charge is 0.151 e. The molecule has 3 heterocycles. The zero-order valence-corrected chi connectivity index (χ0v) is 18.5. The molecule has 1 saturated carbocycles. The molecular weight excluding hydrogens is 368 g/mol. The van der Waals surface area contributed by atoms with Crippen LogP contribution in [0.2, 0.25) is 0 Å². The van der Waals surface area contributed by atoms with E-state index in [1.165, 1.54) is 70.0 Å². The number of hydrogen-bond donors (Lipinski definition) is 0. The van der Waals surface area contributed by atoms with Crippen molar-refractivity contribution in [2.75, 3.05) is 31.1 Å². The first-order valence-electron chi connectivity index (χ1n) is 12.2. The number of piperidine rings is 2. The minimum atomic E-state index is 0.588. The van der Waals surface area contributed by atoms with Crippen molar-refractivity contribution < 1.29 is 0 Å². The third-order valence-corrected chi connectivity index (χ3v) is 8.04. The molecule has 3 fully saturated rings. The number of nitrogens with zero attached hydrogens (tertiary/aromatic N) is 4. The van der Waals surface area contributed by atoms with Gasteiger partial charge in [-0.25, -0.2) is 0 Å². The summed E-state index contributed by atoms with van der Waals surface area (Å²) >= 11 is 0. The molecule has 0 atom stereocenters. The molecule has 2 aliphatic heterocycles. The van der Waals surface area contributed by atoms with Gasteiger partial charge in [0.05, 0.1) is 5.69 Å². The third-order valence-electron chi connectivity index (χ3n) is 8.04. The predicted molar refractivity (Wildman–Crippen MR) is 124 cm³/mol. The molecule has 30 heavy (non-hydrogen) atoms. The maximum Gasteiger partial charge on any atom is 0.151 e. The minimum absolute atomic E-state index is 0.588. The molecule has 1 aromatic carbocycles. The molecule has 2 saturated heterocycles. The average molecular weight is 405 g/mol. The molecule has 0 bridgehead atoms. The molecule has 4 nitrogen and oxygen atoms in total. The van der Waals surface area contributed by atoms with Gasteiger partial charge in [0, 0.05) is 24.7 Å². The van der Waals surface area contributed by atoms with Crippen molar-refractivity contribution >= 4 is 5.82 Å². The molecule has 0 unspecified atom stereocenters. The Bertz CT molecular complexity index is 807. The molecule has 1 aromatic heterocycles. The highest BCUT2D eigenvalue weighted by molar-refractivity contribution is 5.60. The Morgan fingerprint density at radius 2 is 1.57 bits per heavy atom. The van der Waals surface area contributed by atoms with Crippen LogP contribution in [0.15, 0.2) is 36.4 Å². The second-order valence-electron chi connectivity index (χ2n) is 9.83. The van der Waals surface area contributed by atoms with Gasteiger partial charge in [-0.15, -0.1) is 10.2 Å². The summed E-state index contributed by atoms with van der Waals surface area (Å²) in [6.45, 7) is 7.14. The molecular formula is C26H36N4. The first-order valence-corrected chi connectivity index (χ1v) is 12.2. The highest BCUT2D eigenvalue weighted by Gasteiger charge is 2.39. The van der Waals surface area contributed by atoms with E-state index in [1.54, 1.807) is 0 Å². The average Bonchev–Trinajstić information content (AvgIpc) is 2.76. The number of hydrogen-bond acceptors (Lipinski definition) is 4. The number of benzene rings is 1. The molecule has 3 aliphatic rings. The Morgan fingerprint density at radius 3 is 2.13 bits per heavy atom. The summed E-state index contributed by atoms with van der Waals surface area (Å²) in [7, 11) is 0.